The second kappa shape index (κ2) is 4.94. The highest BCUT2D eigenvalue weighted by Gasteiger charge is 2.57. The number of nitriles is 1. The predicted octanol–water partition coefficient (Wildman–Crippen LogP) is 1.17. The molecule has 1 saturated heterocycles. The molecular weight excluding hydrogens is 278 g/mol. The molecule has 5 nitrogen and oxygen atoms in total. The molecule has 4 bridgehead atoms. The van der Waals surface area contributed by atoms with E-state index in [-0.39, 0.29) is 17.5 Å². The minimum atomic E-state index is -0.497. The number of aliphatic hydroxyl groups is 1. The van der Waals surface area contributed by atoms with Crippen molar-refractivity contribution in [3.8, 4) is 6.07 Å². The van der Waals surface area contributed by atoms with Gasteiger partial charge in [0.2, 0.25) is 5.91 Å². The van der Waals surface area contributed by atoms with E-state index in [0.29, 0.717) is 24.9 Å². The molecule has 0 aromatic heterocycles. The molecule has 0 aromatic rings. The molecule has 5 aliphatic rings. The lowest BCUT2D eigenvalue weighted by Gasteiger charge is -2.60. The van der Waals surface area contributed by atoms with Crippen molar-refractivity contribution in [2.45, 2.75) is 68.5 Å². The molecule has 1 amide bonds. The summed E-state index contributed by atoms with van der Waals surface area (Å²) < 4.78 is 0. The van der Waals surface area contributed by atoms with Gasteiger partial charge < -0.3 is 15.3 Å². The molecule has 2 N–H and O–H groups in total. The van der Waals surface area contributed by atoms with Crippen LogP contribution < -0.4 is 5.32 Å². The summed E-state index contributed by atoms with van der Waals surface area (Å²) in [5.74, 6) is 1.28. The van der Waals surface area contributed by atoms with Crippen molar-refractivity contribution in [1.29, 1.82) is 5.26 Å². The van der Waals surface area contributed by atoms with E-state index in [1.165, 1.54) is 6.42 Å². The highest BCUT2D eigenvalue weighted by atomic mass is 16.3. The molecule has 3 atom stereocenters. The zero-order valence-electron chi connectivity index (χ0n) is 13.1. The van der Waals surface area contributed by atoms with Crippen LogP contribution >= 0.6 is 0 Å². The Hall–Kier alpha value is -1.12. The molecule has 4 saturated carbocycles. The van der Waals surface area contributed by atoms with Gasteiger partial charge in [0.25, 0.3) is 0 Å². The highest BCUT2D eigenvalue weighted by Crippen LogP contribution is 2.57. The van der Waals surface area contributed by atoms with E-state index in [1.807, 2.05) is 0 Å². The summed E-state index contributed by atoms with van der Waals surface area (Å²) in [5, 5.41) is 23.4. The van der Waals surface area contributed by atoms with Crippen LogP contribution in [-0.4, -0.2) is 46.2 Å². The van der Waals surface area contributed by atoms with Gasteiger partial charge in [0.05, 0.1) is 18.2 Å². The second-order valence-electron chi connectivity index (χ2n) is 8.19. The largest absolute Gasteiger partial charge is 0.390 e. The van der Waals surface area contributed by atoms with Gasteiger partial charge in [0.1, 0.15) is 6.04 Å². The standard InChI is InChI=1S/C17H25N3O2/c18-9-14-2-1-3-20(14)15(21)10-19-16-5-12-4-13(6-16)8-17(22,7-12)11-16/h12-14,19,22H,1-8,10-11H2/t12-,13-,14+,16?,17?/m0/s1. The minimum absolute atomic E-state index is 0.0453. The van der Waals surface area contributed by atoms with Crippen LogP contribution in [0.1, 0.15) is 51.4 Å². The topological polar surface area (TPSA) is 76.4 Å². The van der Waals surface area contributed by atoms with Gasteiger partial charge in [-0.05, 0) is 63.2 Å². The van der Waals surface area contributed by atoms with E-state index in [2.05, 4.69) is 11.4 Å². The fraction of sp³-hybridized carbons (Fsp3) is 0.882. The monoisotopic (exact) mass is 303 g/mol. The van der Waals surface area contributed by atoms with E-state index in [9.17, 15) is 9.90 Å². The van der Waals surface area contributed by atoms with Gasteiger partial charge in [-0.15, -0.1) is 0 Å². The number of carbonyl (C=O) groups is 1. The summed E-state index contributed by atoms with van der Waals surface area (Å²) in [6.45, 7) is 1.02. The predicted molar refractivity (Wildman–Crippen MR) is 80.7 cm³/mol. The first-order valence-electron chi connectivity index (χ1n) is 8.67. The number of hydrogen-bond donors (Lipinski definition) is 2. The first-order chi connectivity index (χ1) is 10.5. The van der Waals surface area contributed by atoms with Gasteiger partial charge in [-0.3, -0.25) is 4.79 Å². The van der Waals surface area contributed by atoms with Crippen molar-refractivity contribution in [1.82, 2.24) is 10.2 Å². The third-order valence-corrected chi connectivity index (χ3v) is 6.37. The summed E-state index contributed by atoms with van der Waals surface area (Å²) in [6.07, 6.45) is 7.87. The van der Waals surface area contributed by atoms with Crippen LogP contribution in [0.5, 0.6) is 0 Å². The van der Waals surface area contributed by atoms with Crippen LogP contribution in [-0.2, 0) is 4.79 Å². The molecular formula is C17H25N3O2. The molecule has 5 heteroatoms. The number of hydrogen-bond acceptors (Lipinski definition) is 4. The molecule has 0 radical (unpaired) electrons. The molecule has 5 rings (SSSR count). The lowest BCUT2D eigenvalue weighted by Crippen LogP contribution is -2.65. The number of nitrogens with one attached hydrogen (secondary N) is 1. The smallest absolute Gasteiger partial charge is 0.237 e. The molecule has 1 aliphatic heterocycles. The van der Waals surface area contributed by atoms with Crippen molar-refractivity contribution in [3.63, 3.8) is 0 Å². The van der Waals surface area contributed by atoms with E-state index < -0.39 is 5.60 Å². The van der Waals surface area contributed by atoms with Crippen molar-refractivity contribution >= 4 is 5.91 Å². The number of likely N-dealkylation sites (tertiary alicyclic amines) is 1. The highest BCUT2D eigenvalue weighted by molar-refractivity contribution is 5.79. The van der Waals surface area contributed by atoms with Crippen molar-refractivity contribution in [2.75, 3.05) is 13.1 Å². The average Bonchev–Trinajstić information content (AvgIpc) is 2.90. The van der Waals surface area contributed by atoms with Crippen LogP contribution in [0.25, 0.3) is 0 Å². The van der Waals surface area contributed by atoms with Gasteiger partial charge in [-0.25, -0.2) is 0 Å². The van der Waals surface area contributed by atoms with E-state index in [1.54, 1.807) is 4.90 Å². The number of carbonyl (C=O) groups excluding carboxylic acids is 1. The summed E-state index contributed by atoms with van der Waals surface area (Å²) in [7, 11) is 0. The van der Waals surface area contributed by atoms with Crippen LogP contribution in [0.4, 0.5) is 0 Å². The average molecular weight is 303 g/mol. The molecule has 0 aromatic carbocycles. The SMILES string of the molecule is N#C[C@H]1CCCN1C(=O)CNC12C[C@@H]3C[C@H](CC(O)(C3)C1)C2. The third-order valence-electron chi connectivity index (χ3n) is 6.37. The number of nitrogens with zero attached hydrogens (tertiary/aromatic N) is 2. The first-order valence-corrected chi connectivity index (χ1v) is 8.67. The third kappa shape index (κ3) is 2.33. The van der Waals surface area contributed by atoms with Crippen molar-refractivity contribution in [3.05, 3.63) is 0 Å². The van der Waals surface area contributed by atoms with Crippen molar-refractivity contribution in [2.24, 2.45) is 11.8 Å². The summed E-state index contributed by atoms with van der Waals surface area (Å²) in [6, 6.07) is 1.99. The van der Waals surface area contributed by atoms with Gasteiger partial charge in [0.15, 0.2) is 0 Å². The minimum Gasteiger partial charge on any atom is -0.390 e. The zero-order valence-corrected chi connectivity index (χ0v) is 13.1. The maximum absolute atomic E-state index is 12.4. The van der Waals surface area contributed by atoms with Gasteiger partial charge in [0, 0.05) is 12.1 Å². The quantitative estimate of drug-likeness (QED) is 0.821. The number of amides is 1. The van der Waals surface area contributed by atoms with E-state index >= 15 is 0 Å². The Morgan fingerprint density at radius 1 is 1.32 bits per heavy atom. The Balaban J connectivity index is 1.41. The van der Waals surface area contributed by atoms with Crippen molar-refractivity contribution < 1.29 is 9.90 Å². The van der Waals surface area contributed by atoms with Crippen LogP contribution in [0.2, 0.25) is 0 Å². The van der Waals surface area contributed by atoms with E-state index in [0.717, 1.165) is 44.9 Å². The lowest BCUT2D eigenvalue weighted by atomic mass is 9.51. The van der Waals surface area contributed by atoms with E-state index in [4.69, 9.17) is 5.26 Å². The summed E-state index contributed by atoms with van der Waals surface area (Å²) in [5.41, 5.74) is -0.542. The van der Waals surface area contributed by atoms with Gasteiger partial charge >= 0.3 is 0 Å². The lowest BCUT2D eigenvalue weighted by molar-refractivity contribution is -0.147. The summed E-state index contributed by atoms with van der Waals surface area (Å²) in [4.78, 5) is 14.2. The van der Waals surface area contributed by atoms with Gasteiger partial charge in [-0.1, -0.05) is 0 Å². The molecule has 0 spiro atoms. The summed E-state index contributed by atoms with van der Waals surface area (Å²) >= 11 is 0. The van der Waals surface area contributed by atoms with Crippen LogP contribution in [0.15, 0.2) is 0 Å². The molecule has 5 fully saturated rings. The molecule has 120 valence electrons. The second-order valence-corrected chi connectivity index (χ2v) is 8.19. The Kier molecular flexibility index (Phi) is 3.25. The first kappa shape index (κ1) is 14.5. The van der Waals surface area contributed by atoms with Gasteiger partial charge in [-0.2, -0.15) is 5.26 Å². The molecule has 0 unspecified atom stereocenters. The fourth-order valence-electron chi connectivity index (χ4n) is 5.99. The Morgan fingerprint density at radius 3 is 2.68 bits per heavy atom. The Morgan fingerprint density at radius 2 is 2.05 bits per heavy atom. The maximum atomic E-state index is 12.4. The number of rotatable bonds is 3. The Labute approximate surface area is 131 Å². The van der Waals surface area contributed by atoms with Crippen LogP contribution in [0, 0.1) is 23.2 Å². The molecule has 22 heavy (non-hydrogen) atoms. The maximum Gasteiger partial charge on any atom is 0.237 e. The Bertz CT molecular complexity index is 512. The fourth-order valence-corrected chi connectivity index (χ4v) is 5.99. The van der Waals surface area contributed by atoms with Crippen LogP contribution in [0.3, 0.4) is 0 Å². The molecule has 4 aliphatic carbocycles. The zero-order chi connectivity index (χ0) is 15.4. The normalized spacial score (nSPS) is 46.0. The molecule has 1 heterocycles.